The Kier molecular flexibility index (Phi) is 10.8. The lowest BCUT2D eigenvalue weighted by molar-refractivity contribution is -0.130. The summed E-state index contributed by atoms with van der Waals surface area (Å²) in [4.78, 5) is 34.6. The number of ether oxygens (including phenoxy) is 1. The molecule has 36 heavy (non-hydrogen) atoms. The number of nitrogens with zero attached hydrogens (tertiary/aromatic N) is 4. The second-order valence-corrected chi connectivity index (χ2v) is 10.2. The maximum absolute atomic E-state index is 12.4. The van der Waals surface area contributed by atoms with Crippen LogP contribution in [0.4, 0.5) is 5.82 Å². The van der Waals surface area contributed by atoms with Crippen molar-refractivity contribution in [3.05, 3.63) is 52.5 Å². The molecule has 2 fully saturated rings. The van der Waals surface area contributed by atoms with Gasteiger partial charge >= 0.3 is 0 Å². The number of anilines is 1. The molecule has 9 heteroatoms. The number of hydrogen-bond acceptors (Lipinski definition) is 5. The summed E-state index contributed by atoms with van der Waals surface area (Å²) in [5.74, 6) is 2.00. The van der Waals surface area contributed by atoms with Crippen molar-refractivity contribution in [3.63, 3.8) is 0 Å². The lowest BCUT2D eigenvalue weighted by atomic mass is 9.93. The van der Waals surface area contributed by atoms with Gasteiger partial charge in [-0.25, -0.2) is 0 Å². The number of hydrogen-bond donors (Lipinski definition) is 0. The summed E-state index contributed by atoms with van der Waals surface area (Å²) in [5.41, 5.74) is 0. The molecule has 2 aliphatic rings. The van der Waals surface area contributed by atoms with Gasteiger partial charge in [0.15, 0.2) is 0 Å². The summed E-state index contributed by atoms with van der Waals surface area (Å²) in [6, 6.07) is 13.1. The second-order valence-electron chi connectivity index (χ2n) is 9.35. The largest absolute Gasteiger partial charge is 0.481 e. The summed E-state index contributed by atoms with van der Waals surface area (Å²) in [5, 5.41) is 1.21. The highest BCUT2D eigenvalue weighted by Gasteiger charge is 2.29. The van der Waals surface area contributed by atoms with Gasteiger partial charge in [0.1, 0.15) is 5.82 Å². The molecule has 2 amide bonds. The lowest BCUT2D eigenvalue weighted by Crippen LogP contribution is -2.46. The molecule has 196 valence electrons. The minimum absolute atomic E-state index is 0.144. The van der Waals surface area contributed by atoms with E-state index in [0.29, 0.717) is 40.1 Å². The van der Waals surface area contributed by atoms with Crippen LogP contribution < -0.4 is 9.64 Å². The monoisotopic (exact) mass is 534 g/mol. The Morgan fingerprint density at radius 1 is 1.08 bits per heavy atom. The van der Waals surface area contributed by atoms with Crippen molar-refractivity contribution in [2.24, 2.45) is 5.92 Å². The molecule has 1 aromatic heterocycles. The number of halogens is 2. The Labute approximate surface area is 224 Å². The molecule has 1 aromatic carbocycles. The SMILES string of the molecule is COc1cccc(N2CC(CCN3CCC(N(C)C(C)=O)CC3)CCC2=O)n1.Clc1ccccc1Cl. The standard InChI is InChI=1S/C21H32N4O3.C6H4Cl2/c1-16(26)23(2)18-10-13-24(14-11-18)12-9-17-7-8-21(27)25(15-17)19-5-4-6-20(22-19)28-3;7-5-3-1-2-4-6(5)8/h4-6,17-18H,7-15H2,1-3H3;1-4H. The van der Waals surface area contributed by atoms with E-state index in [0.717, 1.165) is 51.9 Å². The smallest absolute Gasteiger partial charge is 0.228 e. The fourth-order valence-corrected chi connectivity index (χ4v) is 4.90. The number of likely N-dealkylation sites (tertiary alicyclic amines) is 1. The van der Waals surface area contributed by atoms with Crippen molar-refractivity contribution >= 4 is 40.8 Å². The van der Waals surface area contributed by atoms with Crippen molar-refractivity contribution in [2.75, 3.05) is 45.2 Å². The van der Waals surface area contributed by atoms with Crippen molar-refractivity contribution in [2.45, 2.75) is 45.1 Å². The van der Waals surface area contributed by atoms with Crippen LogP contribution in [0.25, 0.3) is 0 Å². The quantitative estimate of drug-likeness (QED) is 0.512. The predicted octanol–water partition coefficient (Wildman–Crippen LogP) is 5.16. The third-order valence-electron chi connectivity index (χ3n) is 6.98. The first-order valence-corrected chi connectivity index (χ1v) is 13.2. The fourth-order valence-electron chi connectivity index (χ4n) is 4.63. The molecule has 2 aliphatic heterocycles. The fraction of sp³-hybridized carbons (Fsp3) is 0.519. The van der Waals surface area contributed by atoms with E-state index in [1.54, 1.807) is 32.2 Å². The molecule has 0 spiro atoms. The first-order chi connectivity index (χ1) is 17.3. The predicted molar refractivity (Wildman–Crippen MR) is 145 cm³/mol. The van der Waals surface area contributed by atoms with Gasteiger partial charge in [-0.1, -0.05) is 41.4 Å². The Hall–Kier alpha value is -2.35. The lowest BCUT2D eigenvalue weighted by Gasteiger charge is -2.37. The average molecular weight is 536 g/mol. The highest BCUT2D eigenvalue weighted by molar-refractivity contribution is 6.41. The zero-order chi connectivity index (χ0) is 26.1. The van der Waals surface area contributed by atoms with Gasteiger partial charge < -0.3 is 14.5 Å². The van der Waals surface area contributed by atoms with Crippen molar-refractivity contribution in [1.29, 1.82) is 0 Å². The van der Waals surface area contributed by atoms with E-state index in [1.807, 2.05) is 41.1 Å². The van der Waals surface area contributed by atoms with Crippen molar-refractivity contribution in [3.8, 4) is 5.88 Å². The highest BCUT2D eigenvalue weighted by Crippen LogP contribution is 2.27. The molecule has 1 atom stereocenters. The van der Waals surface area contributed by atoms with Crippen LogP contribution in [0.2, 0.25) is 10.0 Å². The summed E-state index contributed by atoms with van der Waals surface area (Å²) >= 11 is 11.2. The molecule has 0 N–H and O–H groups in total. The summed E-state index contributed by atoms with van der Waals surface area (Å²) < 4.78 is 5.19. The highest BCUT2D eigenvalue weighted by atomic mass is 35.5. The Morgan fingerprint density at radius 2 is 1.75 bits per heavy atom. The van der Waals surface area contributed by atoms with Crippen LogP contribution in [0.1, 0.15) is 39.0 Å². The Bertz CT molecular complexity index is 993. The summed E-state index contributed by atoms with van der Waals surface area (Å²) in [7, 11) is 3.49. The first-order valence-electron chi connectivity index (χ1n) is 12.5. The molecule has 0 aliphatic carbocycles. The number of carbonyl (C=O) groups is 2. The average Bonchev–Trinajstić information content (AvgIpc) is 2.90. The molecule has 2 aromatic rings. The van der Waals surface area contributed by atoms with E-state index >= 15 is 0 Å². The maximum atomic E-state index is 12.4. The molecule has 0 bridgehead atoms. The molecule has 0 radical (unpaired) electrons. The number of aromatic nitrogens is 1. The molecule has 2 saturated heterocycles. The molecular formula is C27H36Cl2N4O3. The van der Waals surface area contributed by atoms with Gasteiger partial charge in [-0.15, -0.1) is 0 Å². The van der Waals surface area contributed by atoms with Crippen LogP contribution in [0.5, 0.6) is 5.88 Å². The van der Waals surface area contributed by atoms with Gasteiger partial charge in [0.25, 0.3) is 0 Å². The third kappa shape index (κ3) is 8.08. The molecule has 1 unspecified atom stereocenters. The topological polar surface area (TPSA) is 66.0 Å². The zero-order valence-corrected chi connectivity index (χ0v) is 22.8. The number of pyridine rings is 1. The van der Waals surface area contributed by atoms with Crippen LogP contribution in [-0.2, 0) is 9.59 Å². The van der Waals surface area contributed by atoms with E-state index in [9.17, 15) is 9.59 Å². The molecule has 0 saturated carbocycles. The zero-order valence-electron chi connectivity index (χ0n) is 21.3. The van der Waals surface area contributed by atoms with Crippen LogP contribution in [0, 0.1) is 5.92 Å². The number of rotatable bonds is 6. The van der Waals surface area contributed by atoms with Gasteiger partial charge in [0.2, 0.25) is 17.7 Å². The Morgan fingerprint density at radius 3 is 2.33 bits per heavy atom. The number of benzene rings is 1. The van der Waals surface area contributed by atoms with Crippen LogP contribution in [-0.4, -0.2) is 73.0 Å². The Balaban J connectivity index is 0.000000383. The minimum Gasteiger partial charge on any atom is -0.481 e. The molecular weight excluding hydrogens is 499 g/mol. The second kappa shape index (κ2) is 13.8. The van der Waals surface area contributed by atoms with Gasteiger partial charge in [0.05, 0.1) is 17.2 Å². The van der Waals surface area contributed by atoms with Crippen LogP contribution >= 0.6 is 23.2 Å². The van der Waals surface area contributed by atoms with E-state index < -0.39 is 0 Å². The van der Waals surface area contributed by atoms with E-state index in [2.05, 4.69) is 9.88 Å². The molecule has 7 nitrogen and oxygen atoms in total. The minimum atomic E-state index is 0.144. The summed E-state index contributed by atoms with van der Waals surface area (Å²) in [6.07, 6.45) is 4.69. The van der Waals surface area contributed by atoms with Crippen molar-refractivity contribution in [1.82, 2.24) is 14.8 Å². The number of amides is 2. The number of methoxy groups -OCH3 is 1. The summed E-state index contributed by atoms with van der Waals surface area (Å²) in [6.45, 7) is 5.49. The number of carbonyl (C=O) groups excluding carboxylic acids is 2. The van der Waals surface area contributed by atoms with E-state index in [4.69, 9.17) is 27.9 Å². The number of piperidine rings is 2. The van der Waals surface area contributed by atoms with E-state index in [1.165, 1.54) is 0 Å². The van der Waals surface area contributed by atoms with Crippen LogP contribution in [0.15, 0.2) is 42.5 Å². The molecule has 4 rings (SSSR count). The first kappa shape index (κ1) is 28.2. The maximum Gasteiger partial charge on any atom is 0.228 e. The van der Waals surface area contributed by atoms with E-state index in [-0.39, 0.29) is 11.8 Å². The van der Waals surface area contributed by atoms with Crippen LogP contribution in [0.3, 0.4) is 0 Å². The third-order valence-corrected chi connectivity index (χ3v) is 7.74. The normalized spacial score (nSPS) is 18.9. The van der Waals surface area contributed by atoms with Gasteiger partial charge in [0, 0.05) is 52.1 Å². The van der Waals surface area contributed by atoms with Crippen molar-refractivity contribution < 1.29 is 14.3 Å². The van der Waals surface area contributed by atoms with Gasteiger partial charge in [-0.3, -0.25) is 14.5 Å². The van der Waals surface area contributed by atoms with Gasteiger partial charge in [-0.05, 0) is 56.3 Å². The van der Waals surface area contributed by atoms with Gasteiger partial charge in [-0.2, -0.15) is 4.98 Å². The molecule has 3 heterocycles.